The largest absolute Gasteiger partial charge is 0.479 e. The summed E-state index contributed by atoms with van der Waals surface area (Å²) in [5, 5.41) is 20.8. The van der Waals surface area contributed by atoms with Crippen LogP contribution >= 0.6 is 0 Å². The number of aliphatic carboxylic acids is 1. The van der Waals surface area contributed by atoms with Gasteiger partial charge in [0.1, 0.15) is 0 Å². The number of aliphatic hydroxyl groups is 1. The standard InChI is InChI=1S/C10H20N2O4/c1-4-5-12(6-8(13)11-3)7-10(2,16)9(14)15/h16H,4-7H2,1-3H3,(H,11,13)(H,14,15). The van der Waals surface area contributed by atoms with Crippen LogP contribution in [0, 0.1) is 0 Å². The lowest BCUT2D eigenvalue weighted by molar-refractivity contribution is -0.158. The number of carboxylic acids is 1. The molecule has 16 heavy (non-hydrogen) atoms. The Kier molecular flexibility index (Phi) is 5.98. The van der Waals surface area contributed by atoms with Crippen molar-refractivity contribution in [3.8, 4) is 0 Å². The number of carbonyl (C=O) groups is 2. The number of carbonyl (C=O) groups excluding carboxylic acids is 1. The Labute approximate surface area is 95.2 Å². The van der Waals surface area contributed by atoms with E-state index in [2.05, 4.69) is 5.32 Å². The van der Waals surface area contributed by atoms with Gasteiger partial charge in [-0.3, -0.25) is 9.69 Å². The molecule has 0 heterocycles. The summed E-state index contributed by atoms with van der Waals surface area (Å²) in [4.78, 5) is 23.5. The van der Waals surface area contributed by atoms with Crippen LogP contribution in [-0.4, -0.2) is 59.3 Å². The average Bonchev–Trinajstić information content (AvgIpc) is 2.17. The Morgan fingerprint density at radius 3 is 2.38 bits per heavy atom. The highest BCUT2D eigenvalue weighted by Gasteiger charge is 2.32. The minimum atomic E-state index is -1.83. The van der Waals surface area contributed by atoms with Gasteiger partial charge in [0.25, 0.3) is 0 Å². The van der Waals surface area contributed by atoms with Crippen LogP contribution in [0.5, 0.6) is 0 Å². The molecule has 0 radical (unpaired) electrons. The molecule has 94 valence electrons. The quantitative estimate of drug-likeness (QED) is 0.539. The first-order chi connectivity index (χ1) is 7.33. The molecular weight excluding hydrogens is 212 g/mol. The van der Waals surface area contributed by atoms with Crippen LogP contribution in [0.15, 0.2) is 0 Å². The Hall–Kier alpha value is -1.14. The van der Waals surface area contributed by atoms with Crippen LogP contribution in [0.25, 0.3) is 0 Å². The Morgan fingerprint density at radius 2 is 2.00 bits per heavy atom. The lowest BCUT2D eigenvalue weighted by atomic mass is 10.1. The van der Waals surface area contributed by atoms with Crippen molar-refractivity contribution in [2.24, 2.45) is 0 Å². The molecule has 0 aliphatic heterocycles. The molecule has 0 aromatic heterocycles. The number of likely N-dealkylation sites (N-methyl/N-ethyl adjacent to an activating group) is 1. The van der Waals surface area contributed by atoms with Crippen molar-refractivity contribution in [1.29, 1.82) is 0 Å². The van der Waals surface area contributed by atoms with Crippen LogP contribution in [0.1, 0.15) is 20.3 Å². The molecule has 0 aliphatic carbocycles. The average molecular weight is 232 g/mol. The van der Waals surface area contributed by atoms with E-state index >= 15 is 0 Å². The summed E-state index contributed by atoms with van der Waals surface area (Å²) in [6.07, 6.45) is 0.784. The van der Waals surface area contributed by atoms with E-state index in [9.17, 15) is 14.7 Å². The summed E-state index contributed by atoms with van der Waals surface area (Å²) in [5.41, 5.74) is -1.83. The van der Waals surface area contributed by atoms with Crippen LogP contribution in [0.2, 0.25) is 0 Å². The highest BCUT2D eigenvalue weighted by molar-refractivity contribution is 5.78. The Balaban J connectivity index is 4.43. The minimum absolute atomic E-state index is 0.0659. The first kappa shape index (κ1) is 14.9. The molecule has 0 fully saturated rings. The summed E-state index contributed by atoms with van der Waals surface area (Å²) in [5.74, 6) is -1.49. The summed E-state index contributed by atoms with van der Waals surface area (Å²) >= 11 is 0. The monoisotopic (exact) mass is 232 g/mol. The molecule has 0 aromatic rings. The van der Waals surface area contributed by atoms with Gasteiger partial charge < -0.3 is 15.5 Å². The van der Waals surface area contributed by atoms with E-state index in [1.165, 1.54) is 14.0 Å². The molecule has 6 nitrogen and oxygen atoms in total. The second-order valence-corrected chi connectivity index (χ2v) is 3.96. The van der Waals surface area contributed by atoms with Crippen molar-refractivity contribution in [2.75, 3.05) is 26.7 Å². The fraction of sp³-hybridized carbons (Fsp3) is 0.800. The lowest BCUT2D eigenvalue weighted by Gasteiger charge is -2.27. The van der Waals surface area contributed by atoms with Crippen LogP contribution in [0.4, 0.5) is 0 Å². The van der Waals surface area contributed by atoms with Crippen LogP contribution in [0.3, 0.4) is 0 Å². The minimum Gasteiger partial charge on any atom is -0.479 e. The van der Waals surface area contributed by atoms with Gasteiger partial charge in [0.15, 0.2) is 5.60 Å². The number of nitrogens with one attached hydrogen (secondary N) is 1. The van der Waals surface area contributed by atoms with Gasteiger partial charge in [0, 0.05) is 13.6 Å². The second-order valence-electron chi connectivity index (χ2n) is 3.96. The van der Waals surface area contributed by atoms with E-state index in [1.54, 1.807) is 4.90 Å². The SMILES string of the molecule is CCCN(CC(=O)NC)CC(C)(O)C(=O)O. The van der Waals surface area contributed by atoms with Gasteiger partial charge in [0.05, 0.1) is 6.54 Å². The van der Waals surface area contributed by atoms with E-state index < -0.39 is 11.6 Å². The van der Waals surface area contributed by atoms with Crippen molar-refractivity contribution in [3.63, 3.8) is 0 Å². The highest BCUT2D eigenvalue weighted by atomic mass is 16.4. The molecule has 6 heteroatoms. The lowest BCUT2D eigenvalue weighted by Crippen LogP contribution is -2.49. The van der Waals surface area contributed by atoms with E-state index in [4.69, 9.17) is 5.11 Å². The fourth-order valence-corrected chi connectivity index (χ4v) is 1.32. The maximum absolute atomic E-state index is 11.2. The van der Waals surface area contributed by atoms with E-state index in [-0.39, 0.29) is 19.0 Å². The molecule has 0 aliphatic rings. The zero-order valence-electron chi connectivity index (χ0n) is 9.99. The van der Waals surface area contributed by atoms with Gasteiger partial charge >= 0.3 is 5.97 Å². The molecular formula is C10H20N2O4. The third kappa shape index (κ3) is 5.09. The number of carboxylic acid groups (broad SMARTS) is 1. The van der Waals surface area contributed by atoms with E-state index in [1.807, 2.05) is 6.92 Å². The molecule has 0 bridgehead atoms. The van der Waals surface area contributed by atoms with Gasteiger partial charge in [-0.15, -0.1) is 0 Å². The predicted octanol–water partition coefficient (Wildman–Crippen LogP) is -0.720. The fourth-order valence-electron chi connectivity index (χ4n) is 1.32. The molecule has 3 N–H and O–H groups in total. The highest BCUT2D eigenvalue weighted by Crippen LogP contribution is 2.07. The zero-order valence-corrected chi connectivity index (χ0v) is 9.99. The smallest absolute Gasteiger partial charge is 0.336 e. The first-order valence-corrected chi connectivity index (χ1v) is 5.22. The third-order valence-electron chi connectivity index (χ3n) is 2.18. The summed E-state index contributed by atoms with van der Waals surface area (Å²) in [6, 6.07) is 0. The third-order valence-corrected chi connectivity index (χ3v) is 2.18. The van der Waals surface area contributed by atoms with Crippen molar-refractivity contribution in [2.45, 2.75) is 25.9 Å². The molecule has 0 saturated carbocycles. The molecule has 0 aromatic carbocycles. The summed E-state index contributed by atoms with van der Waals surface area (Å²) in [6.45, 7) is 3.74. The van der Waals surface area contributed by atoms with Gasteiger partial charge in [-0.2, -0.15) is 0 Å². The molecule has 1 unspecified atom stereocenters. The zero-order chi connectivity index (χ0) is 12.8. The Bertz CT molecular complexity index is 253. The normalized spacial score (nSPS) is 14.6. The van der Waals surface area contributed by atoms with Gasteiger partial charge in [-0.1, -0.05) is 6.92 Å². The number of amides is 1. The van der Waals surface area contributed by atoms with E-state index in [0.29, 0.717) is 6.54 Å². The van der Waals surface area contributed by atoms with E-state index in [0.717, 1.165) is 6.42 Å². The maximum atomic E-state index is 11.2. The summed E-state index contributed by atoms with van der Waals surface area (Å²) < 4.78 is 0. The molecule has 1 atom stereocenters. The van der Waals surface area contributed by atoms with Crippen LogP contribution < -0.4 is 5.32 Å². The topological polar surface area (TPSA) is 89.9 Å². The number of nitrogens with zero attached hydrogens (tertiary/aromatic N) is 1. The van der Waals surface area contributed by atoms with Crippen molar-refractivity contribution >= 4 is 11.9 Å². The molecule has 0 saturated heterocycles. The number of hydrogen-bond acceptors (Lipinski definition) is 4. The first-order valence-electron chi connectivity index (χ1n) is 5.22. The molecule has 0 rings (SSSR count). The Morgan fingerprint density at radius 1 is 1.44 bits per heavy atom. The summed E-state index contributed by atoms with van der Waals surface area (Å²) in [7, 11) is 1.52. The molecule has 1 amide bonds. The van der Waals surface area contributed by atoms with Gasteiger partial charge in [-0.05, 0) is 19.9 Å². The van der Waals surface area contributed by atoms with Crippen LogP contribution in [-0.2, 0) is 9.59 Å². The van der Waals surface area contributed by atoms with Crippen molar-refractivity contribution < 1.29 is 19.8 Å². The maximum Gasteiger partial charge on any atom is 0.336 e. The van der Waals surface area contributed by atoms with Gasteiger partial charge in [-0.25, -0.2) is 4.79 Å². The second kappa shape index (κ2) is 6.44. The number of rotatable bonds is 7. The molecule has 0 spiro atoms. The number of hydrogen-bond donors (Lipinski definition) is 3. The predicted molar refractivity (Wildman–Crippen MR) is 59.1 cm³/mol. The van der Waals surface area contributed by atoms with Gasteiger partial charge in [0.2, 0.25) is 5.91 Å². The van der Waals surface area contributed by atoms with Crippen molar-refractivity contribution in [3.05, 3.63) is 0 Å². The van der Waals surface area contributed by atoms with Crippen molar-refractivity contribution in [1.82, 2.24) is 10.2 Å².